The van der Waals surface area contributed by atoms with Gasteiger partial charge in [0.25, 0.3) is 0 Å². The van der Waals surface area contributed by atoms with Gasteiger partial charge < -0.3 is 9.84 Å². The highest BCUT2D eigenvalue weighted by atomic mass is 16.5. The van der Waals surface area contributed by atoms with Crippen LogP contribution in [0.3, 0.4) is 0 Å². The number of ether oxygens (including phenoxy) is 1. The lowest BCUT2D eigenvalue weighted by atomic mass is 9.86. The van der Waals surface area contributed by atoms with Crippen molar-refractivity contribution >= 4 is 5.97 Å². The zero-order valence-corrected chi connectivity index (χ0v) is 13.4. The molecule has 0 spiro atoms. The van der Waals surface area contributed by atoms with Gasteiger partial charge in [-0.25, -0.2) is 0 Å². The van der Waals surface area contributed by atoms with Crippen molar-refractivity contribution in [1.29, 1.82) is 0 Å². The van der Waals surface area contributed by atoms with Crippen molar-refractivity contribution < 1.29 is 14.6 Å². The second-order valence-corrected chi connectivity index (χ2v) is 6.31. The van der Waals surface area contributed by atoms with Crippen LogP contribution in [0.25, 0.3) is 0 Å². The molecule has 0 bridgehead atoms. The Hall–Kier alpha value is -1.51. The molecule has 0 radical (unpaired) electrons. The molecular formula is C19H28O3. The van der Waals surface area contributed by atoms with Crippen molar-refractivity contribution in [3.05, 3.63) is 29.8 Å². The maximum Gasteiger partial charge on any atom is 0.303 e. The van der Waals surface area contributed by atoms with E-state index in [0.717, 1.165) is 12.2 Å². The maximum absolute atomic E-state index is 10.4. The second kappa shape index (κ2) is 9.50. The summed E-state index contributed by atoms with van der Waals surface area (Å²) in [5.41, 5.74) is 1.44. The van der Waals surface area contributed by atoms with Gasteiger partial charge in [0.1, 0.15) is 5.75 Å². The highest BCUT2D eigenvalue weighted by Gasteiger charge is 2.13. The Bertz CT molecular complexity index is 430. The van der Waals surface area contributed by atoms with Gasteiger partial charge in [-0.3, -0.25) is 4.79 Å². The number of rotatable bonds is 7. The minimum atomic E-state index is -0.733. The molecule has 1 N–H and O–H groups in total. The van der Waals surface area contributed by atoms with E-state index in [1.807, 2.05) is 0 Å². The fourth-order valence-electron chi connectivity index (χ4n) is 3.19. The van der Waals surface area contributed by atoms with E-state index >= 15 is 0 Å². The SMILES string of the molecule is O=C(O)CCCCOc1ccc(C2CCCCCCC2)cc1. The smallest absolute Gasteiger partial charge is 0.303 e. The van der Waals surface area contributed by atoms with Gasteiger partial charge >= 0.3 is 5.97 Å². The van der Waals surface area contributed by atoms with Crippen LogP contribution in [0.2, 0.25) is 0 Å². The van der Waals surface area contributed by atoms with E-state index in [4.69, 9.17) is 9.84 Å². The summed E-state index contributed by atoms with van der Waals surface area (Å²) in [5, 5.41) is 8.58. The molecule has 1 aliphatic rings. The van der Waals surface area contributed by atoms with Crippen LogP contribution in [0.4, 0.5) is 0 Å². The Morgan fingerprint density at radius 1 is 1.00 bits per heavy atom. The van der Waals surface area contributed by atoms with Gasteiger partial charge in [0, 0.05) is 6.42 Å². The molecule has 3 nitrogen and oxygen atoms in total. The molecule has 1 fully saturated rings. The van der Waals surface area contributed by atoms with Crippen LogP contribution in [-0.2, 0) is 4.79 Å². The summed E-state index contributed by atoms with van der Waals surface area (Å²) in [7, 11) is 0. The third-order valence-corrected chi connectivity index (χ3v) is 4.51. The number of carboxylic acids is 1. The van der Waals surface area contributed by atoms with Crippen LogP contribution in [-0.4, -0.2) is 17.7 Å². The first kappa shape index (κ1) is 16.9. The first-order valence-corrected chi connectivity index (χ1v) is 8.70. The summed E-state index contributed by atoms with van der Waals surface area (Å²) < 4.78 is 5.68. The maximum atomic E-state index is 10.4. The lowest BCUT2D eigenvalue weighted by Gasteiger charge is -2.20. The predicted octanol–water partition coefficient (Wildman–Crippen LogP) is 5.15. The summed E-state index contributed by atoms with van der Waals surface area (Å²) in [4.78, 5) is 10.4. The molecule has 1 saturated carbocycles. The lowest BCUT2D eigenvalue weighted by molar-refractivity contribution is -0.137. The first-order valence-electron chi connectivity index (χ1n) is 8.70. The molecule has 122 valence electrons. The normalized spacial score (nSPS) is 16.7. The van der Waals surface area contributed by atoms with E-state index in [9.17, 15) is 4.79 Å². The fraction of sp³-hybridized carbons (Fsp3) is 0.632. The molecule has 0 atom stereocenters. The number of carboxylic acid groups (broad SMARTS) is 1. The van der Waals surface area contributed by atoms with Crippen LogP contribution >= 0.6 is 0 Å². The molecule has 2 rings (SSSR count). The van der Waals surface area contributed by atoms with Crippen molar-refractivity contribution in [2.75, 3.05) is 6.61 Å². The highest BCUT2D eigenvalue weighted by Crippen LogP contribution is 2.31. The Morgan fingerprint density at radius 2 is 1.64 bits per heavy atom. The molecule has 1 aromatic carbocycles. The Morgan fingerprint density at radius 3 is 2.27 bits per heavy atom. The van der Waals surface area contributed by atoms with Gasteiger partial charge in [-0.15, -0.1) is 0 Å². The van der Waals surface area contributed by atoms with Gasteiger partial charge in [-0.1, -0.05) is 44.2 Å². The topological polar surface area (TPSA) is 46.5 Å². The van der Waals surface area contributed by atoms with E-state index < -0.39 is 5.97 Å². The van der Waals surface area contributed by atoms with Crippen LogP contribution in [0.5, 0.6) is 5.75 Å². The molecule has 22 heavy (non-hydrogen) atoms. The standard InChI is InChI=1S/C19H28O3/c20-19(21)10-6-7-15-22-18-13-11-17(12-14-18)16-8-4-2-1-3-5-9-16/h11-14,16H,1-10,15H2,(H,20,21). The van der Waals surface area contributed by atoms with Crippen molar-refractivity contribution in [2.45, 2.75) is 70.1 Å². The Balaban J connectivity index is 1.75. The third kappa shape index (κ3) is 6.08. The van der Waals surface area contributed by atoms with E-state index in [1.165, 1.54) is 50.5 Å². The van der Waals surface area contributed by atoms with E-state index in [1.54, 1.807) is 0 Å². The van der Waals surface area contributed by atoms with Gasteiger partial charge in [0.2, 0.25) is 0 Å². The molecule has 1 aliphatic carbocycles. The molecule has 0 saturated heterocycles. The molecule has 0 aliphatic heterocycles. The monoisotopic (exact) mass is 304 g/mol. The van der Waals surface area contributed by atoms with Crippen LogP contribution in [0, 0.1) is 0 Å². The van der Waals surface area contributed by atoms with E-state index in [0.29, 0.717) is 18.9 Å². The largest absolute Gasteiger partial charge is 0.494 e. The molecule has 0 aromatic heterocycles. The summed E-state index contributed by atoms with van der Waals surface area (Å²) in [6.45, 7) is 0.593. The minimum Gasteiger partial charge on any atom is -0.494 e. The zero-order chi connectivity index (χ0) is 15.6. The van der Waals surface area contributed by atoms with Crippen molar-refractivity contribution in [2.24, 2.45) is 0 Å². The van der Waals surface area contributed by atoms with Crippen molar-refractivity contribution in [1.82, 2.24) is 0 Å². The lowest BCUT2D eigenvalue weighted by Crippen LogP contribution is -2.03. The molecule has 1 aromatic rings. The van der Waals surface area contributed by atoms with Crippen LogP contribution in [0.1, 0.15) is 75.7 Å². The summed E-state index contributed by atoms with van der Waals surface area (Å²) in [6, 6.07) is 8.54. The zero-order valence-electron chi connectivity index (χ0n) is 13.4. The average Bonchev–Trinajstić information content (AvgIpc) is 2.47. The van der Waals surface area contributed by atoms with Crippen molar-refractivity contribution in [3.8, 4) is 5.75 Å². The minimum absolute atomic E-state index is 0.226. The Kier molecular flexibility index (Phi) is 7.27. The number of unbranched alkanes of at least 4 members (excludes halogenated alkanes) is 1. The van der Waals surface area contributed by atoms with Crippen LogP contribution in [0.15, 0.2) is 24.3 Å². The molecule has 3 heteroatoms. The van der Waals surface area contributed by atoms with Crippen molar-refractivity contribution in [3.63, 3.8) is 0 Å². The summed E-state index contributed by atoms with van der Waals surface area (Å²) in [6.07, 6.45) is 11.2. The first-order chi connectivity index (χ1) is 10.8. The molecule has 0 amide bonds. The molecular weight excluding hydrogens is 276 g/mol. The number of benzene rings is 1. The quantitative estimate of drug-likeness (QED) is 0.709. The average molecular weight is 304 g/mol. The fourth-order valence-corrected chi connectivity index (χ4v) is 3.19. The molecule has 0 unspecified atom stereocenters. The highest BCUT2D eigenvalue weighted by molar-refractivity contribution is 5.66. The number of hydrogen-bond donors (Lipinski definition) is 1. The summed E-state index contributed by atoms with van der Waals surface area (Å²) in [5.74, 6) is 0.874. The third-order valence-electron chi connectivity index (χ3n) is 4.51. The van der Waals surface area contributed by atoms with Crippen LogP contribution < -0.4 is 4.74 Å². The van der Waals surface area contributed by atoms with E-state index in [-0.39, 0.29) is 6.42 Å². The van der Waals surface area contributed by atoms with Gasteiger partial charge in [0.15, 0.2) is 0 Å². The predicted molar refractivity (Wildman–Crippen MR) is 88.5 cm³/mol. The van der Waals surface area contributed by atoms with Gasteiger partial charge in [-0.05, 0) is 49.3 Å². The Labute approximate surface area is 133 Å². The number of aliphatic carboxylic acids is 1. The van der Waals surface area contributed by atoms with E-state index in [2.05, 4.69) is 24.3 Å². The van der Waals surface area contributed by atoms with Gasteiger partial charge in [0.05, 0.1) is 6.61 Å². The number of hydrogen-bond acceptors (Lipinski definition) is 2. The molecule has 0 heterocycles. The second-order valence-electron chi connectivity index (χ2n) is 6.31. The van der Waals surface area contributed by atoms with Gasteiger partial charge in [-0.2, -0.15) is 0 Å². The number of carbonyl (C=O) groups is 1. The summed E-state index contributed by atoms with van der Waals surface area (Å²) >= 11 is 0.